The molecule has 0 aliphatic heterocycles. The fraction of sp³-hybridized carbons (Fsp3) is 0.700. The minimum atomic E-state index is 0.389. The van der Waals surface area contributed by atoms with Gasteiger partial charge in [0.15, 0.2) is 0 Å². The largest absolute Gasteiger partial charge is 0.309 e. The van der Waals surface area contributed by atoms with Gasteiger partial charge in [0, 0.05) is 7.05 Å². The Bertz CT molecular complexity index is 298. The Morgan fingerprint density at radius 3 is 2.86 bits per heavy atom. The van der Waals surface area contributed by atoms with Gasteiger partial charge in [-0.25, -0.2) is 0 Å². The number of nitrogens with one attached hydrogen (secondary N) is 1. The topological polar surface area (TPSA) is 29.9 Å². The molecule has 1 aliphatic carbocycles. The van der Waals surface area contributed by atoms with Gasteiger partial charge in [-0.1, -0.05) is 18.5 Å². The molecule has 1 aromatic rings. The van der Waals surface area contributed by atoms with E-state index < -0.39 is 0 Å². The monoisotopic (exact) mass is 213 g/mol. The molecule has 1 unspecified atom stereocenters. The van der Waals surface area contributed by atoms with Gasteiger partial charge in [0.1, 0.15) is 0 Å². The summed E-state index contributed by atoms with van der Waals surface area (Å²) in [6.45, 7) is 3.10. The molecule has 78 valence electrons. The van der Waals surface area contributed by atoms with Crippen LogP contribution in [0.5, 0.6) is 0 Å². The number of halogens is 1. The zero-order valence-corrected chi connectivity index (χ0v) is 9.38. The van der Waals surface area contributed by atoms with E-state index in [1.165, 1.54) is 12.8 Å². The third-order valence-corrected chi connectivity index (χ3v) is 3.04. The maximum atomic E-state index is 6.12. The summed E-state index contributed by atoms with van der Waals surface area (Å²) in [6, 6.07) is 0.389. The second kappa shape index (κ2) is 3.91. The Balaban J connectivity index is 2.24. The molecule has 4 heteroatoms. The van der Waals surface area contributed by atoms with Gasteiger partial charge in [-0.15, -0.1) is 0 Å². The molecule has 0 spiro atoms. The van der Waals surface area contributed by atoms with Crippen LogP contribution in [0.1, 0.15) is 31.5 Å². The van der Waals surface area contributed by atoms with Crippen molar-refractivity contribution in [2.75, 3.05) is 6.54 Å². The molecule has 1 N–H and O–H groups in total. The first-order valence-corrected chi connectivity index (χ1v) is 5.52. The first kappa shape index (κ1) is 9.99. The van der Waals surface area contributed by atoms with Crippen LogP contribution in [0.25, 0.3) is 0 Å². The standard InChI is InChI=1S/C10H16ClN3/c1-3-12-9(7-4-5-7)10-8(11)6-13-14(10)2/h6-7,9,12H,3-5H2,1-2H3. The average molecular weight is 214 g/mol. The zero-order chi connectivity index (χ0) is 10.1. The predicted octanol–water partition coefficient (Wildman–Crippen LogP) is 2.13. The Morgan fingerprint density at radius 2 is 2.43 bits per heavy atom. The van der Waals surface area contributed by atoms with Gasteiger partial charge in [0.2, 0.25) is 0 Å². The molecule has 0 radical (unpaired) electrons. The van der Waals surface area contributed by atoms with Gasteiger partial charge < -0.3 is 5.32 Å². The van der Waals surface area contributed by atoms with Gasteiger partial charge in [-0.3, -0.25) is 4.68 Å². The molecule has 0 aromatic carbocycles. The fourth-order valence-corrected chi connectivity index (χ4v) is 2.19. The summed E-state index contributed by atoms with van der Waals surface area (Å²) in [7, 11) is 1.95. The molecule has 1 fully saturated rings. The molecule has 0 amide bonds. The van der Waals surface area contributed by atoms with Gasteiger partial charge >= 0.3 is 0 Å². The SMILES string of the molecule is CCNC(c1c(Cl)cnn1C)C1CC1. The maximum Gasteiger partial charge on any atom is 0.0834 e. The molecule has 1 saturated carbocycles. The van der Waals surface area contributed by atoms with E-state index in [0.29, 0.717) is 6.04 Å². The second-order valence-corrected chi connectivity index (χ2v) is 4.28. The maximum absolute atomic E-state index is 6.12. The van der Waals surface area contributed by atoms with Crippen LogP contribution < -0.4 is 5.32 Å². The summed E-state index contributed by atoms with van der Waals surface area (Å²) < 4.78 is 1.88. The van der Waals surface area contributed by atoms with E-state index in [1.54, 1.807) is 6.20 Å². The summed E-state index contributed by atoms with van der Waals surface area (Å²) in [4.78, 5) is 0. The normalized spacial score (nSPS) is 18.5. The van der Waals surface area contributed by atoms with E-state index in [4.69, 9.17) is 11.6 Å². The van der Waals surface area contributed by atoms with Crippen LogP contribution in [0, 0.1) is 5.92 Å². The Hall–Kier alpha value is -0.540. The molecule has 0 saturated heterocycles. The number of hydrogen-bond donors (Lipinski definition) is 1. The van der Waals surface area contributed by atoms with Crippen molar-refractivity contribution in [3.8, 4) is 0 Å². The van der Waals surface area contributed by atoms with E-state index in [2.05, 4.69) is 17.3 Å². The minimum absolute atomic E-state index is 0.389. The number of aromatic nitrogens is 2. The van der Waals surface area contributed by atoms with Gasteiger partial charge in [-0.05, 0) is 25.3 Å². The van der Waals surface area contributed by atoms with Crippen LogP contribution in [0.2, 0.25) is 5.02 Å². The van der Waals surface area contributed by atoms with Crippen molar-refractivity contribution >= 4 is 11.6 Å². The van der Waals surface area contributed by atoms with E-state index >= 15 is 0 Å². The van der Waals surface area contributed by atoms with E-state index in [1.807, 2.05) is 11.7 Å². The first-order valence-electron chi connectivity index (χ1n) is 5.14. The first-order chi connectivity index (χ1) is 6.74. The highest BCUT2D eigenvalue weighted by atomic mass is 35.5. The summed E-state index contributed by atoms with van der Waals surface area (Å²) >= 11 is 6.12. The quantitative estimate of drug-likeness (QED) is 0.831. The van der Waals surface area contributed by atoms with Crippen molar-refractivity contribution in [3.05, 3.63) is 16.9 Å². The Labute approximate surface area is 89.4 Å². The lowest BCUT2D eigenvalue weighted by Crippen LogP contribution is -2.25. The van der Waals surface area contributed by atoms with E-state index in [0.717, 1.165) is 23.2 Å². The highest BCUT2D eigenvalue weighted by molar-refractivity contribution is 6.31. The molecule has 1 atom stereocenters. The average Bonchev–Trinajstić information content (AvgIpc) is 2.92. The molecular weight excluding hydrogens is 198 g/mol. The molecule has 1 heterocycles. The van der Waals surface area contributed by atoms with Crippen molar-refractivity contribution in [1.29, 1.82) is 0 Å². The lowest BCUT2D eigenvalue weighted by Gasteiger charge is -2.17. The minimum Gasteiger partial charge on any atom is -0.309 e. The van der Waals surface area contributed by atoms with Crippen molar-refractivity contribution in [2.45, 2.75) is 25.8 Å². The Kier molecular flexibility index (Phi) is 2.79. The third kappa shape index (κ3) is 1.79. The van der Waals surface area contributed by atoms with Crippen LogP contribution in [0.15, 0.2) is 6.20 Å². The summed E-state index contributed by atoms with van der Waals surface area (Å²) in [5, 5.41) is 8.44. The van der Waals surface area contributed by atoms with Crippen LogP contribution in [0.4, 0.5) is 0 Å². The summed E-state index contributed by atoms with van der Waals surface area (Å²) in [6.07, 6.45) is 4.34. The summed E-state index contributed by atoms with van der Waals surface area (Å²) in [5.74, 6) is 0.753. The highest BCUT2D eigenvalue weighted by Crippen LogP contribution is 2.42. The predicted molar refractivity (Wildman–Crippen MR) is 57.4 cm³/mol. The molecule has 1 aliphatic rings. The van der Waals surface area contributed by atoms with Gasteiger partial charge in [0.25, 0.3) is 0 Å². The molecule has 3 nitrogen and oxygen atoms in total. The number of nitrogens with zero attached hydrogens (tertiary/aromatic N) is 2. The van der Waals surface area contributed by atoms with E-state index in [-0.39, 0.29) is 0 Å². The van der Waals surface area contributed by atoms with Crippen molar-refractivity contribution in [1.82, 2.24) is 15.1 Å². The molecular formula is C10H16ClN3. The van der Waals surface area contributed by atoms with Gasteiger partial charge in [0.05, 0.1) is 23.0 Å². The van der Waals surface area contributed by atoms with Crippen LogP contribution in [0.3, 0.4) is 0 Å². The summed E-state index contributed by atoms with van der Waals surface area (Å²) in [5.41, 5.74) is 1.14. The lowest BCUT2D eigenvalue weighted by atomic mass is 10.1. The number of aryl methyl sites for hydroxylation is 1. The molecule has 2 rings (SSSR count). The van der Waals surface area contributed by atoms with Gasteiger partial charge in [-0.2, -0.15) is 5.10 Å². The second-order valence-electron chi connectivity index (χ2n) is 3.87. The van der Waals surface area contributed by atoms with Crippen molar-refractivity contribution in [3.63, 3.8) is 0 Å². The lowest BCUT2D eigenvalue weighted by molar-refractivity contribution is 0.463. The zero-order valence-electron chi connectivity index (χ0n) is 8.63. The fourth-order valence-electron chi connectivity index (χ4n) is 1.91. The third-order valence-electron chi connectivity index (χ3n) is 2.75. The van der Waals surface area contributed by atoms with Crippen molar-refractivity contribution in [2.24, 2.45) is 13.0 Å². The van der Waals surface area contributed by atoms with E-state index in [9.17, 15) is 0 Å². The molecule has 14 heavy (non-hydrogen) atoms. The molecule has 0 bridgehead atoms. The Morgan fingerprint density at radius 1 is 1.71 bits per heavy atom. The smallest absolute Gasteiger partial charge is 0.0834 e. The number of hydrogen-bond acceptors (Lipinski definition) is 2. The van der Waals surface area contributed by atoms with Crippen LogP contribution >= 0.6 is 11.6 Å². The van der Waals surface area contributed by atoms with Crippen LogP contribution in [-0.2, 0) is 7.05 Å². The molecule has 1 aromatic heterocycles. The van der Waals surface area contributed by atoms with Crippen molar-refractivity contribution < 1.29 is 0 Å². The van der Waals surface area contributed by atoms with Crippen LogP contribution in [-0.4, -0.2) is 16.3 Å². The highest BCUT2D eigenvalue weighted by Gasteiger charge is 2.34. The number of rotatable bonds is 4.